The lowest BCUT2D eigenvalue weighted by molar-refractivity contribution is -0.889. The van der Waals surface area contributed by atoms with E-state index in [0.29, 0.717) is 13.1 Å². The number of quaternary nitrogens is 1. The Labute approximate surface area is 168 Å². The monoisotopic (exact) mass is 388 g/mol. The molecule has 28 heavy (non-hydrogen) atoms. The zero-order valence-electron chi connectivity index (χ0n) is 17.5. The highest BCUT2D eigenvalue weighted by Gasteiger charge is 2.24. The maximum Gasteiger partial charge on any atom is 0.275 e. The van der Waals surface area contributed by atoms with Crippen LogP contribution in [0.3, 0.4) is 0 Å². The third kappa shape index (κ3) is 5.96. The van der Waals surface area contributed by atoms with Gasteiger partial charge in [0.2, 0.25) is 0 Å². The topological polar surface area (TPSA) is 63.1 Å². The normalized spacial score (nSPS) is 19.7. The standard InChI is InChI=1S/C22H33N3O3/c1-22(2,3)23-20(26)15-24-10-5-11-25(13-12-24)21(27)16-28-19-9-8-17-6-4-7-18(17)14-19/h8-9,14H,4-7,10-13,15-16H2,1-3H3,(H,23,26)/p+1. The first kappa shape index (κ1) is 20.6. The highest BCUT2D eigenvalue weighted by Crippen LogP contribution is 2.26. The number of aryl methyl sites for hydroxylation is 2. The number of hydrogen-bond acceptors (Lipinski definition) is 3. The molecule has 1 saturated heterocycles. The molecule has 0 radical (unpaired) electrons. The van der Waals surface area contributed by atoms with Gasteiger partial charge in [0, 0.05) is 18.5 Å². The largest absolute Gasteiger partial charge is 0.484 e. The smallest absolute Gasteiger partial charge is 0.275 e. The van der Waals surface area contributed by atoms with Gasteiger partial charge in [-0.05, 0) is 63.3 Å². The SMILES string of the molecule is CC(C)(C)NC(=O)C[NH+]1CCCN(C(=O)COc2ccc3c(c2)CCC3)CC1. The fourth-order valence-electron chi connectivity index (χ4n) is 4.04. The van der Waals surface area contributed by atoms with Crippen LogP contribution in [0.15, 0.2) is 18.2 Å². The molecule has 6 heteroatoms. The van der Waals surface area contributed by atoms with Gasteiger partial charge in [-0.15, -0.1) is 0 Å². The Bertz CT molecular complexity index is 711. The molecule has 6 nitrogen and oxygen atoms in total. The molecule has 1 unspecified atom stereocenters. The third-order valence-corrected chi connectivity index (χ3v) is 5.40. The summed E-state index contributed by atoms with van der Waals surface area (Å²) in [4.78, 5) is 27.9. The molecule has 0 spiro atoms. The van der Waals surface area contributed by atoms with Crippen molar-refractivity contribution in [2.45, 2.75) is 52.0 Å². The average Bonchev–Trinajstić information content (AvgIpc) is 2.96. The summed E-state index contributed by atoms with van der Waals surface area (Å²) in [5.41, 5.74) is 2.55. The van der Waals surface area contributed by atoms with Gasteiger partial charge in [-0.25, -0.2) is 0 Å². The molecule has 1 fully saturated rings. The van der Waals surface area contributed by atoms with Crippen molar-refractivity contribution < 1.29 is 19.2 Å². The van der Waals surface area contributed by atoms with Crippen molar-refractivity contribution in [2.24, 2.45) is 0 Å². The minimum absolute atomic E-state index is 0.0286. The van der Waals surface area contributed by atoms with E-state index in [4.69, 9.17) is 4.74 Å². The molecule has 2 N–H and O–H groups in total. The number of hydrogen-bond donors (Lipinski definition) is 2. The second-order valence-electron chi connectivity index (χ2n) is 9.03. The minimum atomic E-state index is -0.209. The molecular weight excluding hydrogens is 354 g/mol. The van der Waals surface area contributed by atoms with E-state index in [1.165, 1.54) is 22.4 Å². The van der Waals surface area contributed by atoms with Crippen LogP contribution in [0.2, 0.25) is 0 Å². The van der Waals surface area contributed by atoms with Gasteiger partial charge in [-0.2, -0.15) is 0 Å². The van der Waals surface area contributed by atoms with E-state index in [1.807, 2.05) is 31.7 Å². The van der Waals surface area contributed by atoms with E-state index in [-0.39, 0.29) is 24.0 Å². The summed E-state index contributed by atoms with van der Waals surface area (Å²) >= 11 is 0. The second-order valence-corrected chi connectivity index (χ2v) is 9.03. The number of carbonyl (C=O) groups excluding carboxylic acids is 2. The van der Waals surface area contributed by atoms with Crippen LogP contribution < -0.4 is 15.0 Å². The van der Waals surface area contributed by atoms with Crippen LogP contribution in [0.4, 0.5) is 0 Å². The van der Waals surface area contributed by atoms with Crippen molar-refractivity contribution in [3.63, 3.8) is 0 Å². The summed E-state index contributed by atoms with van der Waals surface area (Å²) in [7, 11) is 0. The number of amides is 2. The summed E-state index contributed by atoms with van der Waals surface area (Å²) in [5, 5.41) is 3.02. The number of fused-ring (bicyclic) bond motifs is 1. The van der Waals surface area contributed by atoms with Crippen molar-refractivity contribution in [1.29, 1.82) is 0 Å². The van der Waals surface area contributed by atoms with E-state index in [2.05, 4.69) is 17.4 Å². The van der Waals surface area contributed by atoms with Gasteiger partial charge >= 0.3 is 0 Å². The first-order chi connectivity index (χ1) is 13.3. The lowest BCUT2D eigenvalue weighted by atomic mass is 10.1. The van der Waals surface area contributed by atoms with E-state index >= 15 is 0 Å². The van der Waals surface area contributed by atoms with E-state index < -0.39 is 0 Å². The zero-order chi connectivity index (χ0) is 20.1. The van der Waals surface area contributed by atoms with Crippen molar-refractivity contribution in [1.82, 2.24) is 10.2 Å². The van der Waals surface area contributed by atoms with E-state index in [0.717, 1.165) is 44.6 Å². The minimum Gasteiger partial charge on any atom is -0.484 e. The number of nitrogens with zero attached hydrogens (tertiary/aromatic N) is 1. The van der Waals surface area contributed by atoms with Gasteiger partial charge in [0.05, 0.1) is 19.6 Å². The molecule has 0 bridgehead atoms. The fraction of sp³-hybridized carbons (Fsp3) is 0.636. The Kier molecular flexibility index (Phi) is 6.60. The van der Waals surface area contributed by atoms with Crippen LogP contribution >= 0.6 is 0 Å². The summed E-state index contributed by atoms with van der Waals surface area (Å²) in [6, 6.07) is 6.18. The predicted molar refractivity (Wildman–Crippen MR) is 109 cm³/mol. The fourth-order valence-corrected chi connectivity index (χ4v) is 4.04. The van der Waals surface area contributed by atoms with Gasteiger partial charge in [0.1, 0.15) is 5.75 Å². The number of carbonyl (C=O) groups is 2. The molecule has 2 amide bonds. The Balaban J connectivity index is 1.44. The van der Waals surface area contributed by atoms with Gasteiger partial charge in [-0.1, -0.05) is 6.07 Å². The van der Waals surface area contributed by atoms with Gasteiger partial charge in [0.25, 0.3) is 11.8 Å². The van der Waals surface area contributed by atoms with Crippen molar-refractivity contribution in [3.8, 4) is 5.75 Å². The zero-order valence-corrected chi connectivity index (χ0v) is 17.5. The molecule has 1 aliphatic carbocycles. The molecule has 2 aliphatic rings. The van der Waals surface area contributed by atoms with Crippen LogP contribution in [-0.4, -0.2) is 61.6 Å². The Morgan fingerprint density at radius 3 is 2.68 bits per heavy atom. The molecule has 3 rings (SSSR count). The maximum absolute atomic E-state index is 12.6. The molecule has 0 aromatic heterocycles. The van der Waals surface area contributed by atoms with Crippen LogP contribution in [0, 0.1) is 0 Å². The highest BCUT2D eigenvalue weighted by molar-refractivity contribution is 5.78. The van der Waals surface area contributed by atoms with Gasteiger partial charge < -0.3 is 19.9 Å². The molecule has 1 aliphatic heterocycles. The number of benzene rings is 1. The highest BCUT2D eigenvalue weighted by atomic mass is 16.5. The second kappa shape index (κ2) is 8.95. The van der Waals surface area contributed by atoms with Crippen molar-refractivity contribution >= 4 is 11.8 Å². The van der Waals surface area contributed by atoms with E-state index in [1.54, 1.807) is 0 Å². The number of nitrogens with one attached hydrogen (secondary N) is 2. The average molecular weight is 389 g/mol. The quantitative estimate of drug-likeness (QED) is 0.776. The van der Waals surface area contributed by atoms with Gasteiger partial charge in [-0.3, -0.25) is 9.59 Å². The van der Waals surface area contributed by atoms with Crippen LogP contribution in [0.1, 0.15) is 44.7 Å². The lowest BCUT2D eigenvalue weighted by Crippen LogP contribution is -3.13. The third-order valence-electron chi connectivity index (χ3n) is 5.40. The number of ether oxygens (including phenoxy) is 1. The molecule has 1 heterocycles. The number of rotatable bonds is 5. The Hall–Kier alpha value is -2.08. The predicted octanol–water partition coefficient (Wildman–Crippen LogP) is 0.586. The summed E-state index contributed by atoms with van der Waals surface area (Å²) in [6.07, 6.45) is 4.36. The molecule has 0 saturated carbocycles. The summed E-state index contributed by atoms with van der Waals surface area (Å²) < 4.78 is 5.77. The Morgan fingerprint density at radius 1 is 1.11 bits per heavy atom. The molecule has 1 aromatic rings. The molecule has 1 atom stereocenters. The van der Waals surface area contributed by atoms with Crippen LogP contribution in [0.25, 0.3) is 0 Å². The first-order valence-corrected chi connectivity index (χ1v) is 10.5. The molecular formula is C22H34N3O3+. The van der Waals surface area contributed by atoms with Crippen molar-refractivity contribution in [2.75, 3.05) is 39.3 Å². The van der Waals surface area contributed by atoms with E-state index in [9.17, 15) is 9.59 Å². The maximum atomic E-state index is 12.6. The molecule has 154 valence electrons. The summed E-state index contributed by atoms with van der Waals surface area (Å²) in [6.45, 7) is 9.62. The molecule has 1 aromatic carbocycles. The summed E-state index contributed by atoms with van der Waals surface area (Å²) in [5.74, 6) is 0.887. The van der Waals surface area contributed by atoms with Crippen molar-refractivity contribution in [3.05, 3.63) is 29.3 Å². The van der Waals surface area contributed by atoms with Crippen LogP contribution in [-0.2, 0) is 22.4 Å². The lowest BCUT2D eigenvalue weighted by Gasteiger charge is -2.23. The van der Waals surface area contributed by atoms with Gasteiger partial charge in [0.15, 0.2) is 13.2 Å². The Morgan fingerprint density at radius 2 is 1.89 bits per heavy atom. The van der Waals surface area contributed by atoms with Crippen LogP contribution in [0.5, 0.6) is 5.75 Å². The first-order valence-electron chi connectivity index (χ1n) is 10.5.